The van der Waals surface area contributed by atoms with Crippen LogP contribution in [-0.2, 0) is 17.7 Å². The number of aryl methyl sites for hydroxylation is 1. The molecule has 2 aromatic heterocycles. The molecular formula is C16H26N6O. The molecule has 0 aromatic carbocycles. The molecule has 3 heterocycles. The van der Waals surface area contributed by atoms with E-state index in [0.29, 0.717) is 18.7 Å². The van der Waals surface area contributed by atoms with E-state index in [1.54, 1.807) is 6.20 Å². The van der Waals surface area contributed by atoms with E-state index in [9.17, 15) is 5.11 Å². The van der Waals surface area contributed by atoms with Gasteiger partial charge in [0.25, 0.3) is 0 Å². The first-order valence-corrected chi connectivity index (χ1v) is 8.07. The second-order valence-electron chi connectivity index (χ2n) is 7.58. The molecule has 0 saturated carbocycles. The smallest absolute Gasteiger partial charge is 0.124 e. The van der Waals surface area contributed by atoms with E-state index < -0.39 is 5.60 Å². The third-order valence-corrected chi connectivity index (χ3v) is 4.68. The molecule has 1 aliphatic heterocycles. The predicted molar refractivity (Wildman–Crippen MR) is 86.9 cm³/mol. The monoisotopic (exact) mass is 318 g/mol. The first kappa shape index (κ1) is 16.1. The van der Waals surface area contributed by atoms with Crippen molar-refractivity contribution >= 4 is 0 Å². The van der Waals surface area contributed by atoms with Gasteiger partial charge >= 0.3 is 0 Å². The Hall–Kier alpha value is -1.73. The molecule has 0 bridgehead atoms. The van der Waals surface area contributed by atoms with Crippen molar-refractivity contribution in [1.29, 1.82) is 0 Å². The normalized spacial score (nSPS) is 22.9. The zero-order valence-corrected chi connectivity index (χ0v) is 14.6. The SMILES string of the molecule is Cc1nn(C(C)(C)C)c(C)c1CN1CCC(O)(c2cn[nH]n2)C1. The van der Waals surface area contributed by atoms with Gasteiger partial charge in [-0.25, -0.2) is 0 Å². The summed E-state index contributed by atoms with van der Waals surface area (Å²) in [5.41, 5.74) is 3.21. The molecule has 23 heavy (non-hydrogen) atoms. The minimum Gasteiger partial charge on any atom is -0.382 e. The van der Waals surface area contributed by atoms with Gasteiger partial charge in [-0.05, 0) is 41.0 Å². The lowest BCUT2D eigenvalue weighted by Gasteiger charge is -2.23. The van der Waals surface area contributed by atoms with Gasteiger partial charge in [0.1, 0.15) is 11.3 Å². The molecule has 1 atom stereocenters. The highest BCUT2D eigenvalue weighted by Crippen LogP contribution is 2.32. The molecule has 3 rings (SSSR count). The van der Waals surface area contributed by atoms with Gasteiger partial charge in [-0.15, -0.1) is 0 Å². The number of rotatable bonds is 3. The number of H-pyrrole nitrogens is 1. The summed E-state index contributed by atoms with van der Waals surface area (Å²) in [5, 5.41) is 25.9. The number of hydrogen-bond acceptors (Lipinski definition) is 5. The van der Waals surface area contributed by atoms with E-state index in [1.165, 1.54) is 11.3 Å². The summed E-state index contributed by atoms with van der Waals surface area (Å²) < 4.78 is 2.09. The van der Waals surface area contributed by atoms with Crippen molar-refractivity contribution in [3.8, 4) is 0 Å². The topological polar surface area (TPSA) is 82.9 Å². The lowest BCUT2D eigenvalue weighted by atomic mass is 10.00. The molecule has 1 aliphatic rings. The van der Waals surface area contributed by atoms with Crippen LogP contribution >= 0.6 is 0 Å². The van der Waals surface area contributed by atoms with Crippen LogP contribution in [0, 0.1) is 13.8 Å². The molecule has 126 valence electrons. The third-order valence-electron chi connectivity index (χ3n) is 4.68. The Labute approximate surface area is 136 Å². The van der Waals surface area contributed by atoms with Gasteiger partial charge in [-0.3, -0.25) is 9.58 Å². The molecule has 0 spiro atoms. The molecule has 7 nitrogen and oxygen atoms in total. The van der Waals surface area contributed by atoms with Crippen LogP contribution in [0.3, 0.4) is 0 Å². The van der Waals surface area contributed by atoms with E-state index in [0.717, 1.165) is 18.8 Å². The number of aliphatic hydroxyl groups is 1. The summed E-state index contributed by atoms with van der Waals surface area (Å²) in [7, 11) is 0. The molecule has 0 amide bonds. The summed E-state index contributed by atoms with van der Waals surface area (Å²) in [5.74, 6) is 0. The highest BCUT2D eigenvalue weighted by Gasteiger charge is 2.40. The molecule has 0 aliphatic carbocycles. The van der Waals surface area contributed by atoms with E-state index in [-0.39, 0.29) is 5.54 Å². The zero-order valence-electron chi connectivity index (χ0n) is 14.6. The fourth-order valence-corrected chi connectivity index (χ4v) is 3.42. The maximum Gasteiger partial charge on any atom is 0.124 e. The second kappa shape index (κ2) is 5.42. The Balaban J connectivity index is 1.78. The van der Waals surface area contributed by atoms with Crippen LogP contribution in [0.25, 0.3) is 0 Å². The highest BCUT2D eigenvalue weighted by atomic mass is 16.3. The number of nitrogens with one attached hydrogen (secondary N) is 1. The van der Waals surface area contributed by atoms with E-state index in [1.807, 2.05) is 0 Å². The van der Waals surface area contributed by atoms with Crippen molar-refractivity contribution in [2.45, 2.75) is 58.7 Å². The third kappa shape index (κ3) is 2.90. The number of nitrogens with zero attached hydrogens (tertiary/aromatic N) is 5. The maximum atomic E-state index is 10.8. The molecule has 1 unspecified atom stereocenters. The molecule has 1 saturated heterocycles. The number of aromatic amines is 1. The van der Waals surface area contributed by atoms with E-state index in [2.05, 4.69) is 59.6 Å². The molecule has 0 radical (unpaired) electrons. The largest absolute Gasteiger partial charge is 0.382 e. The number of likely N-dealkylation sites (tertiary alicyclic amines) is 1. The number of hydrogen-bond donors (Lipinski definition) is 2. The van der Waals surface area contributed by atoms with Crippen molar-refractivity contribution in [3.63, 3.8) is 0 Å². The molecule has 2 N–H and O–H groups in total. The van der Waals surface area contributed by atoms with Gasteiger partial charge < -0.3 is 5.11 Å². The second-order valence-corrected chi connectivity index (χ2v) is 7.58. The van der Waals surface area contributed by atoms with Crippen LogP contribution in [0.15, 0.2) is 6.20 Å². The minimum absolute atomic E-state index is 0.0282. The molecular weight excluding hydrogens is 292 g/mol. The summed E-state index contributed by atoms with van der Waals surface area (Å²) in [6, 6.07) is 0. The van der Waals surface area contributed by atoms with Gasteiger partial charge in [0.05, 0.1) is 17.4 Å². The van der Waals surface area contributed by atoms with Crippen molar-refractivity contribution in [2.75, 3.05) is 13.1 Å². The van der Waals surface area contributed by atoms with Gasteiger partial charge in [0.15, 0.2) is 0 Å². The summed E-state index contributed by atoms with van der Waals surface area (Å²) in [4.78, 5) is 2.26. The van der Waals surface area contributed by atoms with Crippen molar-refractivity contribution < 1.29 is 5.11 Å². The average molecular weight is 318 g/mol. The Morgan fingerprint density at radius 3 is 2.65 bits per heavy atom. The van der Waals surface area contributed by atoms with Gasteiger partial charge in [0, 0.05) is 30.9 Å². The van der Waals surface area contributed by atoms with Crippen LogP contribution in [-0.4, -0.2) is 48.3 Å². The molecule has 7 heteroatoms. The van der Waals surface area contributed by atoms with E-state index >= 15 is 0 Å². The predicted octanol–water partition coefficient (Wildman–Crippen LogP) is 1.47. The lowest BCUT2D eigenvalue weighted by molar-refractivity contribution is 0.0408. The number of β-amino-alcohol motifs (C(OH)–C–C–N with tert-alkyl or cyclic N) is 1. The van der Waals surface area contributed by atoms with Crippen molar-refractivity contribution in [1.82, 2.24) is 30.1 Å². The van der Waals surface area contributed by atoms with Crippen molar-refractivity contribution in [2.24, 2.45) is 0 Å². The standard InChI is InChI=1S/C16H26N6O/c1-11-13(12(2)22(19-11)15(3,4)5)9-21-7-6-16(23,10-21)14-8-17-20-18-14/h8,23H,6-7,9-10H2,1-5H3,(H,17,18,20). The highest BCUT2D eigenvalue weighted by molar-refractivity contribution is 5.26. The summed E-state index contributed by atoms with van der Waals surface area (Å²) >= 11 is 0. The van der Waals surface area contributed by atoms with Gasteiger partial charge in [0.2, 0.25) is 0 Å². The van der Waals surface area contributed by atoms with Crippen LogP contribution in [0.1, 0.15) is 49.8 Å². The van der Waals surface area contributed by atoms with Crippen molar-refractivity contribution in [3.05, 3.63) is 28.8 Å². The Bertz CT molecular complexity index is 684. The molecule has 1 fully saturated rings. The Morgan fingerprint density at radius 2 is 2.09 bits per heavy atom. The summed E-state index contributed by atoms with van der Waals surface area (Å²) in [6.07, 6.45) is 2.28. The van der Waals surface area contributed by atoms with Gasteiger partial charge in [-0.1, -0.05) is 0 Å². The lowest BCUT2D eigenvalue weighted by Crippen LogP contribution is -2.31. The minimum atomic E-state index is -0.908. The average Bonchev–Trinajstić information content (AvgIpc) is 3.15. The Morgan fingerprint density at radius 1 is 1.35 bits per heavy atom. The van der Waals surface area contributed by atoms with E-state index in [4.69, 9.17) is 5.10 Å². The fourth-order valence-electron chi connectivity index (χ4n) is 3.42. The Kier molecular flexibility index (Phi) is 3.80. The number of aromatic nitrogens is 5. The quantitative estimate of drug-likeness (QED) is 0.895. The van der Waals surface area contributed by atoms with Crippen LogP contribution in [0.2, 0.25) is 0 Å². The van der Waals surface area contributed by atoms with Gasteiger partial charge in [-0.2, -0.15) is 20.5 Å². The molecule has 2 aromatic rings. The fraction of sp³-hybridized carbons (Fsp3) is 0.688. The first-order valence-electron chi connectivity index (χ1n) is 8.07. The van der Waals surface area contributed by atoms with Crippen LogP contribution in [0.5, 0.6) is 0 Å². The first-order chi connectivity index (χ1) is 10.7. The van der Waals surface area contributed by atoms with Crippen LogP contribution < -0.4 is 0 Å². The van der Waals surface area contributed by atoms with Crippen LogP contribution in [0.4, 0.5) is 0 Å². The zero-order chi connectivity index (χ0) is 16.8. The summed E-state index contributed by atoms with van der Waals surface area (Å²) in [6.45, 7) is 12.9. The maximum absolute atomic E-state index is 10.8.